The molecule has 18 heavy (non-hydrogen) atoms. The molecule has 0 bridgehead atoms. The van der Waals surface area contributed by atoms with Crippen LogP contribution in [0.25, 0.3) is 0 Å². The summed E-state index contributed by atoms with van der Waals surface area (Å²) >= 11 is 1.75. The molecule has 2 aliphatic heterocycles. The van der Waals surface area contributed by atoms with Crippen molar-refractivity contribution in [3.63, 3.8) is 0 Å². The molecular weight excluding hydrogens is 248 g/mol. The number of amides is 1. The van der Waals surface area contributed by atoms with Crippen LogP contribution in [0.15, 0.2) is 12.3 Å². The van der Waals surface area contributed by atoms with E-state index in [0.717, 1.165) is 38.1 Å². The van der Waals surface area contributed by atoms with Crippen molar-refractivity contribution in [2.45, 2.75) is 30.6 Å². The number of carbonyl (C=O) groups excluding carboxylic acids is 1. The maximum absolute atomic E-state index is 12.0. The highest BCUT2D eigenvalue weighted by atomic mass is 32.2. The molecule has 3 rings (SSSR count). The summed E-state index contributed by atoms with van der Waals surface area (Å²) in [4.78, 5) is 12.0. The highest BCUT2D eigenvalue weighted by Crippen LogP contribution is 2.27. The highest BCUT2D eigenvalue weighted by Gasteiger charge is 2.24. The fourth-order valence-corrected chi connectivity index (χ4v) is 3.63. The molecule has 0 radical (unpaired) electrons. The molecule has 3 heterocycles. The zero-order valence-corrected chi connectivity index (χ0v) is 11.1. The number of thioether (sulfide) groups is 1. The smallest absolute Gasteiger partial charge is 0.238 e. The second kappa shape index (κ2) is 5.32. The van der Waals surface area contributed by atoms with Gasteiger partial charge in [-0.3, -0.25) is 9.48 Å². The lowest BCUT2D eigenvalue weighted by atomic mass is 10.2. The fraction of sp³-hybridized carbons (Fsp3) is 0.667. The van der Waals surface area contributed by atoms with E-state index >= 15 is 0 Å². The van der Waals surface area contributed by atoms with Gasteiger partial charge in [0.25, 0.3) is 0 Å². The molecule has 2 aliphatic rings. The topological polar surface area (TPSA) is 59.0 Å². The Hall–Kier alpha value is -1.01. The second-order valence-electron chi connectivity index (χ2n) is 4.82. The first-order chi connectivity index (χ1) is 8.83. The Morgan fingerprint density at radius 1 is 1.56 bits per heavy atom. The predicted octanol–water partition coefficient (Wildman–Crippen LogP) is 1.25. The third kappa shape index (κ3) is 2.54. The first-order valence-corrected chi connectivity index (χ1v) is 7.56. The monoisotopic (exact) mass is 266 g/mol. The third-order valence-corrected chi connectivity index (χ3v) is 4.87. The minimum Gasteiger partial charge on any atom is -0.315 e. The minimum absolute atomic E-state index is 0.104. The average Bonchev–Trinajstić information content (AvgIpc) is 3.12. The van der Waals surface area contributed by atoms with Crippen LogP contribution < -0.4 is 10.6 Å². The van der Waals surface area contributed by atoms with Crippen LogP contribution in [0.2, 0.25) is 0 Å². The Labute approximate surface area is 111 Å². The Morgan fingerprint density at radius 2 is 2.50 bits per heavy atom. The number of aromatic nitrogens is 2. The lowest BCUT2D eigenvalue weighted by Gasteiger charge is -2.09. The molecule has 0 aliphatic carbocycles. The summed E-state index contributed by atoms with van der Waals surface area (Å²) in [6.07, 6.45) is 5.19. The van der Waals surface area contributed by atoms with Crippen LogP contribution in [0.4, 0.5) is 5.82 Å². The summed E-state index contributed by atoms with van der Waals surface area (Å²) in [5, 5.41) is 10.8. The summed E-state index contributed by atoms with van der Waals surface area (Å²) in [6.45, 7) is 2.01. The number of carbonyl (C=O) groups is 1. The quantitative estimate of drug-likeness (QED) is 0.864. The first-order valence-electron chi connectivity index (χ1n) is 6.51. The Bertz CT molecular complexity index is 421. The molecule has 5 nitrogen and oxygen atoms in total. The summed E-state index contributed by atoms with van der Waals surface area (Å²) in [6, 6.07) is 2.31. The normalized spacial score (nSPS) is 27.6. The van der Waals surface area contributed by atoms with E-state index in [9.17, 15) is 4.79 Å². The van der Waals surface area contributed by atoms with Crippen molar-refractivity contribution < 1.29 is 4.79 Å². The lowest BCUT2D eigenvalue weighted by molar-refractivity contribution is -0.115. The van der Waals surface area contributed by atoms with Crippen LogP contribution in [0.5, 0.6) is 0 Å². The van der Waals surface area contributed by atoms with Gasteiger partial charge in [-0.2, -0.15) is 5.10 Å². The summed E-state index contributed by atoms with van der Waals surface area (Å²) in [5.41, 5.74) is 0. The van der Waals surface area contributed by atoms with Crippen LogP contribution in [0.3, 0.4) is 0 Å². The van der Waals surface area contributed by atoms with Crippen LogP contribution in [-0.4, -0.2) is 39.8 Å². The van der Waals surface area contributed by atoms with Gasteiger partial charge in [0.2, 0.25) is 5.91 Å². The summed E-state index contributed by atoms with van der Waals surface area (Å²) in [5.74, 6) is 1.88. The number of rotatable bonds is 3. The van der Waals surface area contributed by atoms with Gasteiger partial charge < -0.3 is 10.6 Å². The highest BCUT2D eigenvalue weighted by molar-refractivity contribution is 8.00. The number of anilines is 1. The Balaban J connectivity index is 1.60. The van der Waals surface area contributed by atoms with Crippen molar-refractivity contribution in [2.24, 2.45) is 0 Å². The van der Waals surface area contributed by atoms with Gasteiger partial charge >= 0.3 is 0 Å². The molecule has 2 saturated heterocycles. The molecule has 0 unspecified atom stereocenters. The number of nitrogens with one attached hydrogen (secondary N) is 2. The van der Waals surface area contributed by atoms with Gasteiger partial charge in [0.05, 0.1) is 11.3 Å². The molecule has 1 aromatic rings. The predicted molar refractivity (Wildman–Crippen MR) is 72.9 cm³/mol. The van der Waals surface area contributed by atoms with E-state index in [2.05, 4.69) is 15.7 Å². The summed E-state index contributed by atoms with van der Waals surface area (Å²) in [7, 11) is 0. The molecule has 1 aromatic heterocycles. The average molecular weight is 266 g/mol. The minimum atomic E-state index is 0.104. The molecule has 2 N–H and O–H groups in total. The fourth-order valence-electron chi connectivity index (χ4n) is 2.46. The van der Waals surface area contributed by atoms with E-state index in [4.69, 9.17) is 0 Å². The van der Waals surface area contributed by atoms with Crippen molar-refractivity contribution in [3.05, 3.63) is 12.3 Å². The molecule has 0 spiro atoms. The zero-order chi connectivity index (χ0) is 12.4. The molecule has 2 atom stereocenters. The first kappa shape index (κ1) is 12.0. The van der Waals surface area contributed by atoms with E-state index in [1.54, 1.807) is 11.8 Å². The van der Waals surface area contributed by atoms with Crippen molar-refractivity contribution in [1.82, 2.24) is 15.1 Å². The maximum Gasteiger partial charge on any atom is 0.238 e. The van der Waals surface area contributed by atoms with Crippen molar-refractivity contribution >= 4 is 23.5 Å². The van der Waals surface area contributed by atoms with Gasteiger partial charge in [-0.05, 0) is 31.6 Å². The molecular formula is C12H18N4OS. The van der Waals surface area contributed by atoms with Crippen LogP contribution >= 0.6 is 11.8 Å². The Kier molecular flexibility index (Phi) is 3.56. The molecule has 0 saturated carbocycles. The standard InChI is InChI=1S/C12H18N4OS/c17-12(10-2-1-7-18-10)14-11-4-6-16(15-11)9-3-5-13-8-9/h4,6,9-10,13H,1-3,5,7-8H2,(H,14,15,17)/t9-,10+/m0/s1. The van der Waals surface area contributed by atoms with Gasteiger partial charge in [-0.25, -0.2) is 0 Å². The molecule has 98 valence electrons. The Morgan fingerprint density at radius 3 is 3.22 bits per heavy atom. The van der Waals surface area contributed by atoms with Gasteiger partial charge in [0.1, 0.15) is 0 Å². The van der Waals surface area contributed by atoms with E-state index in [0.29, 0.717) is 11.9 Å². The second-order valence-corrected chi connectivity index (χ2v) is 6.13. The number of nitrogens with zero attached hydrogens (tertiary/aromatic N) is 2. The third-order valence-electron chi connectivity index (χ3n) is 3.49. The zero-order valence-electron chi connectivity index (χ0n) is 10.3. The van der Waals surface area contributed by atoms with Gasteiger partial charge in [-0.1, -0.05) is 0 Å². The molecule has 6 heteroatoms. The van der Waals surface area contributed by atoms with Gasteiger partial charge in [-0.15, -0.1) is 11.8 Å². The van der Waals surface area contributed by atoms with Crippen molar-refractivity contribution in [1.29, 1.82) is 0 Å². The van der Waals surface area contributed by atoms with E-state index in [-0.39, 0.29) is 11.2 Å². The van der Waals surface area contributed by atoms with Crippen LogP contribution in [0.1, 0.15) is 25.3 Å². The van der Waals surface area contributed by atoms with Crippen LogP contribution in [0, 0.1) is 0 Å². The van der Waals surface area contributed by atoms with Crippen molar-refractivity contribution in [3.8, 4) is 0 Å². The molecule has 1 amide bonds. The largest absolute Gasteiger partial charge is 0.315 e. The summed E-state index contributed by atoms with van der Waals surface area (Å²) < 4.78 is 1.96. The molecule has 2 fully saturated rings. The van der Waals surface area contributed by atoms with Crippen LogP contribution in [-0.2, 0) is 4.79 Å². The van der Waals surface area contributed by atoms with Gasteiger partial charge in [0, 0.05) is 18.8 Å². The van der Waals surface area contributed by atoms with Crippen molar-refractivity contribution in [2.75, 3.05) is 24.2 Å². The molecule has 0 aromatic carbocycles. The lowest BCUT2D eigenvalue weighted by Crippen LogP contribution is -2.23. The number of hydrogen-bond donors (Lipinski definition) is 2. The van der Waals surface area contributed by atoms with Gasteiger partial charge in [0.15, 0.2) is 5.82 Å². The van der Waals surface area contributed by atoms with E-state index < -0.39 is 0 Å². The number of hydrogen-bond acceptors (Lipinski definition) is 4. The maximum atomic E-state index is 12.0. The SMILES string of the molecule is O=C(Nc1ccn([C@H]2CCNC2)n1)[C@H]1CCCS1. The van der Waals surface area contributed by atoms with E-state index in [1.807, 2.05) is 16.9 Å². The van der Waals surface area contributed by atoms with E-state index in [1.165, 1.54) is 0 Å².